The molecule has 1 aromatic carbocycles. The molecule has 2 aromatic rings. The molecule has 126 valence electrons. The number of carbonyl (C=O) groups is 1. The molecule has 5 heteroatoms. The van der Waals surface area contributed by atoms with Gasteiger partial charge in [-0.25, -0.2) is 0 Å². The van der Waals surface area contributed by atoms with Crippen LogP contribution in [-0.4, -0.2) is 40.2 Å². The summed E-state index contributed by atoms with van der Waals surface area (Å²) in [6.45, 7) is 1.94. The van der Waals surface area contributed by atoms with Crippen LogP contribution in [0.15, 0.2) is 48.8 Å². The second-order valence-electron chi connectivity index (χ2n) is 6.11. The molecule has 1 aliphatic rings. The number of pyridine rings is 1. The first kappa shape index (κ1) is 16.5. The molecule has 1 N–H and O–H groups in total. The fourth-order valence-corrected chi connectivity index (χ4v) is 2.90. The standard InChI is InChI=1S/C19H22N2O3/c22-17-5-3-15(4-6-17)12-19(23)21(14-18-2-1-11-24-18)13-16-7-9-20-10-8-16/h3-10,18,22H,1-2,11-14H2/t18-/m1/s1. The van der Waals surface area contributed by atoms with E-state index in [4.69, 9.17) is 4.74 Å². The molecular weight excluding hydrogens is 304 g/mol. The molecule has 0 radical (unpaired) electrons. The molecule has 24 heavy (non-hydrogen) atoms. The molecule has 5 nitrogen and oxygen atoms in total. The van der Waals surface area contributed by atoms with Crippen LogP contribution in [0.25, 0.3) is 0 Å². The van der Waals surface area contributed by atoms with Gasteiger partial charge in [0.05, 0.1) is 12.5 Å². The Morgan fingerprint density at radius 3 is 2.58 bits per heavy atom. The minimum absolute atomic E-state index is 0.0630. The summed E-state index contributed by atoms with van der Waals surface area (Å²) in [5, 5.41) is 9.37. The lowest BCUT2D eigenvalue weighted by molar-refractivity contribution is -0.132. The summed E-state index contributed by atoms with van der Waals surface area (Å²) in [6.07, 6.45) is 5.97. The van der Waals surface area contributed by atoms with Gasteiger partial charge in [0.2, 0.25) is 5.91 Å². The van der Waals surface area contributed by atoms with Crippen LogP contribution in [0.3, 0.4) is 0 Å². The van der Waals surface area contributed by atoms with Gasteiger partial charge in [0.1, 0.15) is 5.75 Å². The molecule has 1 atom stereocenters. The summed E-state index contributed by atoms with van der Waals surface area (Å²) < 4.78 is 5.70. The van der Waals surface area contributed by atoms with Gasteiger partial charge in [-0.15, -0.1) is 0 Å². The van der Waals surface area contributed by atoms with Crippen LogP contribution >= 0.6 is 0 Å². The van der Waals surface area contributed by atoms with E-state index in [0.29, 0.717) is 19.5 Å². The first-order valence-electron chi connectivity index (χ1n) is 8.27. The molecule has 1 aromatic heterocycles. The summed E-state index contributed by atoms with van der Waals surface area (Å²) in [4.78, 5) is 18.7. The second kappa shape index (κ2) is 7.93. The van der Waals surface area contributed by atoms with Gasteiger partial charge < -0.3 is 14.7 Å². The van der Waals surface area contributed by atoms with Crippen molar-refractivity contribution >= 4 is 5.91 Å². The van der Waals surface area contributed by atoms with Crippen molar-refractivity contribution in [2.75, 3.05) is 13.2 Å². The summed E-state index contributed by atoms with van der Waals surface area (Å²) >= 11 is 0. The highest BCUT2D eigenvalue weighted by atomic mass is 16.5. The van der Waals surface area contributed by atoms with Crippen molar-refractivity contribution in [1.29, 1.82) is 0 Å². The van der Waals surface area contributed by atoms with E-state index >= 15 is 0 Å². The van der Waals surface area contributed by atoms with Crippen molar-refractivity contribution in [1.82, 2.24) is 9.88 Å². The van der Waals surface area contributed by atoms with Gasteiger partial charge >= 0.3 is 0 Å². The lowest BCUT2D eigenvalue weighted by Gasteiger charge is -2.26. The van der Waals surface area contributed by atoms with Gasteiger partial charge in [-0.2, -0.15) is 0 Å². The minimum atomic E-state index is 0.0630. The van der Waals surface area contributed by atoms with E-state index in [1.165, 1.54) is 0 Å². The van der Waals surface area contributed by atoms with E-state index < -0.39 is 0 Å². The lowest BCUT2D eigenvalue weighted by atomic mass is 10.1. The molecule has 0 unspecified atom stereocenters. The highest BCUT2D eigenvalue weighted by molar-refractivity contribution is 5.78. The normalized spacial score (nSPS) is 16.9. The smallest absolute Gasteiger partial charge is 0.227 e. The molecule has 0 aliphatic carbocycles. The maximum atomic E-state index is 12.8. The van der Waals surface area contributed by atoms with E-state index in [-0.39, 0.29) is 17.8 Å². The third-order valence-corrected chi connectivity index (χ3v) is 4.22. The van der Waals surface area contributed by atoms with Crippen LogP contribution in [0.4, 0.5) is 0 Å². The third kappa shape index (κ3) is 4.55. The van der Waals surface area contributed by atoms with Crippen LogP contribution in [0, 0.1) is 0 Å². The van der Waals surface area contributed by atoms with E-state index in [1.54, 1.807) is 36.7 Å². The largest absolute Gasteiger partial charge is 0.508 e. The average Bonchev–Trinajstić information content (AvgIpc) is 3.10. The number of phenols is 1. The van der Waals surface area contributed by atoms with Gasteiger partial charge in [0.25, 0.3) is 0 Å². The van der Waals surface area contributed by atoms with Crippen molar-refractivity contribution in [2.24, 2.45) is 0 Å². The first-order valence-corrected chi connectivity index (χ1v) is 8.27. The number of hydrogen-bond acceptors (Lipinski definition) is 4. The Hall–Kier alpha value is -2.40. The zero-order valence-corrected chi connectivity index (χ0v) is 13.6. The fourth-order valence-electron chi connectivity index (χ4n) is 2.90. The SMILES string of the molecule is O=C(Cc1ccc(O)cc1)N(Cc1ccncc1)C[C@H]1CCCO1. The van der Waals surface area contributed by atoms with Crippen LogP contribution in [0.5, 0.6) is 5.75 Å². The maximum Gasteiger partial charge on any atom is 0.227 e. The Balaban J connectivity index is 1.69. The molecule has 0 bridgehead atoms. The van der Waals surface area contributed by atoms with Crippen molar-refractivity contribution in [3.05, 3.63) is 59.9 Å². The Kier molecular flexibility index (Phi) is 5.43. The second-order valence-corrected chi connectivity index (χ2v) is 6.11. The number of benzene rings is 1. The molecule has 1 amide bonds. The van der Waals surface area contributed by atoms with Crippen molar-refractivity contribution in [3.8, 4) is 5.75 Å². The molecule has 0 saturated carbocycles. The number of ether oxygens (including phenoxy) is 1. The summed E-state index contributed by atoms with van der Waals surface area (Å²) in [5.74, 6) is 0.271. The van der Waals surface area contributed by atoms with Crippen molar-refractivity contribution < 1.29 is 14.6 Å². The lowest BCUT2D eigenvalue weighted by Crippen LogP contribution is -2.37. The van der Waals surface area contributed by atoms with Gasteiger partial charge in [0.15, 0.2) is 0 Å². The number of phenolic OH excluding ortho intramolecular Hbond substituents is 1. The van der Waals surface area contributed by atoms with Crippen LogP contribution < -0.4 is 0 Å². The van der Waals surface area contributed by atoms with Crippen molar-refractivity contribution in [3.63, 3.8) is 0 Å². The predicted molar refractivity (Wildman–Crippen MR) is 90.4 cm³/mol. The molecule has 1 fully saturated rings. The Bertz CT molecular complexity index is 652. The number of amides is 1. The van der Waals surface area contributed by atoms with E-state index in [2.05, 4.69) is 4.98 Å². The summed E-state index contributed by atoms with van der Waals surface area (Å²) in [7, 11) is 0. The van der Waals surface area contributed by atoms with Gasteiger partial charge in [-0.1, -0.05) is 12.1 Å². The first-order chi connectivity index (χ1) is 11.7. The number of aromatic nitrogens is 1. The van der Waals surface area contributed by atoms with Crippen LogP contribution in [0.1, 0.15) is 24.0 Å². The third-order valence-electron chi connectivity index (χ3n) is 4.22. The van der Waals surface area contributed by atoms with E-state index in [0.717, 1.165) is 30.6 Å². The Labute approximate surface area is 141 Å². The van der Waals surface area contributed by atoms with E-state index in [1.807, 2.05) is 17.0 Å². The van der Waals surface area contributed by atoms with Gasteiger partial charge in [-0.05, 0) is 48.2 Å². The highest BCUT2D eigenvalue weighted by Crippen LogP contribution is 2.17. The van der Waals surface area contributed by atoms with Crippen molar-refractivity contribution in [2.45, 2.75) is 31.9 Å². The monoisotopic (exact) mass is 326 g/mol. The Morgan fingerprint density at radius 1 is 1.17 bits per heavy atom. The quantitative estimate of drug-likeness (QED) is 0.886. The molecule has 3 rings (SSSR count). The molecular formula is C19H22N2O3. The fraction of sp³-hybridized carbons (Fsp3) is 0.368. The van der Waals surface area contributed by atoms with Gasteiger partial charge in [0, 0.05) is 32.1 Å². The molecule has 1 aliphatic heterocycles. The van der Waals surface area contributed by atoms with Gasteiger partial charge in [-0.3, -0.25) is 9.78 Å². The number of hydrogen-bond donors (Lipinski definition) is 1. The van der Waals surface area contributed by atoms with Crippen LogP contribution in [0.2, 0.25) is 0 Å². The summed E-state index contributed by atoms with van der Waals surface area (Å²) in [6, 6.07) is 10.6. The minimum Gasteiger partial charge on any atom is -0.508 e. The number of nitrogens with zero attached hydrogens (tertiary/aromatic N) is 2. The highest BCUT2D eigenvalue weighted by Gasteiger charge is 2.23. The number of aromatic hydroxyl groups is 1. The van der Waals surface area contributed by atoms with E-state index in [9.17, 15) is 9.90 Å². The zero-order valence-electron chi connectivity index (χ0n) is 13.6. The number of rotatable bonds is 6. The average molecular weight is 326 g/mol. The molecule has 0 spiro atoms. The molecule has 2 heterocycles. The van der Waals surface area contributed by atoms with Crippen LogP contribution in [-0.2, 0) is 22.5 Å². The number of carbonyl (C=O) groups excluding carboxylic acids is 1. The maximum absolute atomic E-state index is 12.8. The zero-order chi connectivity index (χ0) is 16.8. The topological polar surface area (TPSA) is 62.7 Å². The summed E-state index contributed by atoms with van der Waals surface area (Å²) in [5.41, 5.74) is 1.95. The Morgan fingerprint density at radius 2 is 1.92 bits per heavy atom. The molecule has 1 saturated heterocycles. The predicted octanol–water partition coefficient (Wildman–Crippen LogP) is 2.54.